The first-order chi connectivity index (χ1) is 24.5. The van der Waals surface area contributed by atoms with E-state index in [1.807, 2.05) is 0 Å². The van der Waals surface area contributed by atoms with Crippen LogP contribution >= 0.6 is 0 Å². The molecule has 20 heteroatoms. The SMILES string of the molecule is CN.CN.CO.CO[C@@H]1CC(O)[C@H](O)[C@H](CN)O1.NCCC(O)C(=O)NC1CC(N)[C@@H](O[C@@H]2CC[C@H](O)C(CN)O2)C(OC2CCC(CO)O2)C1. The van der Waals surface area contributed by atoms with Gasteiger partial charge in [0.05, 0.1) is 37.1 Å². The first-order valence-corrected chi connectivity index (χ1v) is 17.4. The molecule has 0 bridgehead atoms. The van der Waals surface area contributed by atoms with Gasteiger partial charge in [0.25, 0.3) is 0 Å². The molecular formula is C31H69N7O13. The van der Waals surface area contributed by atoms with E-state index in [0.29, 0.717) is 38.5 Å². The molecule has 4 fully saturated rings. The van der Waals surface area contributed by atoms with Gasteiger partial charge in [0.1, 0.15) is 24.4 Å². The molecule has 1 saturated carbocycles. The smallest absolute Gasteiger partial charge is 0.249 e. The Balaban J connectivity index is 0.00000116. The predicted octanol–water partition coefficient (Wildman–Crippen LogP) is -5.42. The molecule has 3 heterocycles. The van der Waals surface area contributed by atoms with Gasteiger partial charge in [0, 0.05) is 58.7 Å². The van der Waals surface area contributed by atoms with Gasteiger partial charge in [-0.25, -0.2) is 0 Å². The molecule has 3 aliphatic heterocycles. The Kier molecular flexibility index (Phi) is 27.5. The highest BCUT2D eigenvalue weighted by molar-refractivity contribution is 5.80. The summed E-state index contributed by atoms with van der Waals surface area (Å²) in [6.45, 7) is 0.471. The van der Waals surface area contributed by atoms with Crippen LogP contribution in [0.25, 0.3) is 0 Å². The number of carbonyl (C=O) groups is 1. The summed E-state index contributed by atoms with van der Waals surface area (Å²) < 4.78 is 34.1. The van der Waals surface area contributed by atoms with Crippen molar-refractivity contribution in [2.75, 3.05) is 54.6 Å². The van der Waals surface area contributed by atoms with Gasteiger partial charge in [-0.05, 0) is 52.7 Å². The van der Waals surface area contributed by atoms with E-state index >= 15 is 0 Å². The topological polar surface area (TPSA) is 362 Å². The zero-order valence-electron chi connectivity index (χ0n) is 30.6. The molecule has 0 spiro atoms. The summed E-state index contributed by atoms with van der Waals surface area (Å²) in [5, 5.41) is 57.8. The monoisotopic (exact) mass is 747 g/mol. The van der Waals surface area contributed by atoms with E-state index in [4.69, 9.17) is 56.5 Å². The first-order valence-electron chi connectivity index (χ1n) is 17.4. The third-order valence-corrected chi connectivity index (χ3v) is 8.58. The molecule has 306 valence electrons. The van der Waals surface area contributed by atoms with Crippen molar-refractivity contribution in [1.82, 2.24) is 5.32 Å². The lowest BCUT2D eigenvalue weighted by Gasteiger charge is -2.43. The zero-order valence-corrected chi connectivity index (χ0v) is 30.6. The van der Waals surface area contributed by atoms with Gasteiger partial charge in [0.15, 0.2) is 18.9 Å². The summed E-state index contributed by atoms with van der Waals surface area (Å²) in [5.41, 5.74) is 31.9. The molecule has 0 radical (unpaired) electrons. The molecule has 51 heavy (non-hydrogen) atoms. The minimum atomic E-state index is -1.18. The summed E-state index contributed by atoms with van der Waals surface area (Å²) in [5.74, 6) is -0.497. The number of methoxy groups -OCH3 is 1. The normalized spacial score (nSPS) is 36.7. The molecule has 0 aromatic rings. The number of nitrogens with two attached hydrogens (primary N) is 6. The number of hydrogen-bond donors (Lipinski definition) is 13. The van der Waals surface area contributed by atoms with Crippen LogP contribution in [0.3, 0.4) is 0 Å². The van der Waals surface area contributed by atoms with Gasteiger partial charge in [-0.3, -0.25) is 4.79 Å². The highest BCUT2D eigenvalue weighted by Gasteiger charge is 2.43. The van der Waals surface area contributed by atoms with E-state index in [0.717, 1.165) is 7.11 Å². The second kappa shape index (κ2) is 28.2. The summed E-state index contributed by atoms with van der Waals surface area (Å²) in [4.78, 5) is 12.3. The van der Waals surface area contributed by atoms with Gasteiger partial charge in [-0.2, -0.15) is 0 Å². The Morgan fingerprint density at radius 2 is 1.41 bits per heavy atom. The number of rotatable bonds is 12. The molecule has 0 aromatic carbocycles. The average Bonchev–Trinajstić information content (AvgIpc) is 3.61. The van der Waals surface area contributed by atoms with Crippen molar-refractivity contribution >= 4 is 5.91 Å². The minimum Gasteiger partial charge on any atom is -0.400 e. The van der Waals surface area contributed by atoms with Gasteiger partial charge in [0.2, 0.25) is 5.91 Å². The van der Waals surface area contributed by atoms with E-state index in [2.05, 4.69) is 16.8 Å². The Morgan fingerprint density at radius 3 is 1.96 bits per heavy atom. The lowest BCUT2D eigenvalue weighted by molar-refractivity contribution is -0.273. The van der Waals surface area contributed by atoms with Crippen LogP contribution in [0, 0.1) is 0 Å². The molecule has 4 aliphatic rings. The van der Waals surface area contributed by atoms with Gasteiger partial charge in [-0.15, -0.1) is 0 Å². The van der Waals surface area contributed by atoms with Crippen molar-refractivity contribution in [3.63, 3.8) is 0 Å². The van der Waals surface area contributed by atoms with Crippen molar-refractivity contribution < 1.29 is 63.9 Å². The molecule has 0 aromatic heterocycles. The van der Waals surface area contributed by atoms with Crippen LogP contribution in [0.1, 0.15) is 51.4 Å². The standard InChI is InChI=1S/C21H40N4O8.C7H15NO4.2CH5N.CH4O/c22-6-5-15(28)21(29)25-11-7-13(24)20(33-19-4-2-14(27)17(9-23)32-19)16(8-11)31-18-3-1-12(10-26)30-18;1-11-6-2-4(9)7(10)5(3-8)12-6;3*1-2/h11-20,26-28H,1-10,22-24H2,(H,25,29);4-7,9-10H,2-3,8H2,1H3;2*2H2,1H3;2H,1H3/t11?,12?,13?,14-,15?,16?,17?,18?,19+,20+;4?,5-,6-,7-;;;/m00.../s1. The lowest BCUT2D eigenvalue weighted by atomic mass is 9.86. The number of hydrogen-bond acceptors (Lipinski definition) is 19. The number of amides is 1. The van der Waals surface area contributed by atoms with E-state index in [1.165, 1.54) is 21.2 Å². The maximum atomic E-state index is 12.3. The second-order valence-electron chi connectivity index (χ2n) is 12.0. The van der Waals surface area contributed by atoms with Crippen LogP contribution in [-0.4, -0.2) is 177 Å². The van der Waals surface area contributed by atoms with E-state index in [9.17, 15) is 30.3 Å². The predicted molar refractivity (Wildman–Crippen MR) is 186 cm³/mol. The Morgan fingerprint density at radius 1 is 0.824 bits per heavy atom. The highest BCUT2D eigenvalue weighted by Crippen LogP contribution is 2.32. The van der Waals surface area contributed by atoms with Crippen molar-refractivity contribution in [2.45, 2.75) is 137 Å². The molecule has 8 unspecified atom stereocenters. The third kappa shape index (κ3) is 16.8. The number of ether oxygens (including phenoxy) is 6. The zero-order chi connectivity index (χ0) is 39.1. The number of nitrogens with one attached hydrogen (secondary N) is 1. The fraction of sp³-hybridized carbons (Fsp3) is 0.968. The molecule has 14 atom stereocenters. The molecule has 1 amide bonds. The number of carbonyl (C=O) groups excluding carboxylic acids is 1. The van der Waals surface area contributed by atoms with E-state index in [-0.39, 0.29) is 51.2 Å². The average molecular weight is 748 g/mol. The number of aliphatic hydroxyl groups excluding tert-OH is 6. The van der Waals surface area contributed by atoms with Crippen LogP contribution in [0.2, 0.25) is 0 Å². The largest absolute Gasteiger partial charge is 0.400 e. The van der Waals surface area contributed by atoms with Crippen LogP contribution in [0.5, 0.6) is 0 Å². The summed E-state index contributed by atoms with van der Waals surface area (Å²) in [6.07, 6.45) is -3.89. The maximum absolute atomic E-state index is 12.3. The molecule has 1 aliphatic carbocycles. The summed E-state index contributed by atoms with van der Waals surface area (Å²) >= 11 is 0. The van der Waals surface area contributed by atoms with Crippen molar-refractivity contribution in [1.29, 1.82) is 0 Å². The molecular weight excluding hydrogens is 678 g/mol. The fourth-order valence-corrected chi connectivity index (χ4v) is 5.97. The van der Waals surface area contributed by atoms with E-state index in [1.54, 1.807) is 0 Å². The van der Waals surface area contributed by atoms with Crippen molar-refractivity contribution in [3.05, 3.63) is 0 Å². The molecule has 4 rings (SSSR count). The van der Waals surface area contributed by atoms with Crippen LogP contribution in [0.4, 0.5) is 0 Å². The molecule has 20 nitrogen and oxygen atoms in total. The van der Waals surface area contributed by atoms with Gasteiger partial charge >= 0.3 is 0 Å². The van der Waals surface area contributed by atoms with Crippen molar-refractivity contribution in [2.24, 2.45) is 34.4 Å². The Bertz CT molecular complexity index is 877. The summed E-state index contributed by atoms with van der Waals surface area (Å²) in [6, 6.07) is -0.812. The minimum absolute atomic E-state index is 0.0829. The van der Waals surface area contributed by atoms with Crippen LogP contribution in [-0.2, 0) is 33.2 Å². The quantitative estimate of drug-likeness (QED) is 0.0885. The Labute approximate surface area is 301 Å². The third-order valence-electron chi connectivity index (χ3n) is 8.58. The van der Waals surface area contributed by atoms with Crippen LogP contribution in [0.15, 0.2) is 0 Å². The van der Waals surface area contributed by atoms with Gasteiger partial charge in [-0.1, -0.05) is 0 Å². The second-order valence-corrected chi connectivity index (χ2v) is 12.0. The lowest BCUT2D eigenvalue weighted by Crippen LogP contribution is -2.59. The Hall–Kier alpha value is -1.25. The summed E-state index contributed by atoms with van der Waals surface area (Å²) in [7, 11) is 5.49. The van der Waals surface area contributed by atoms with E-state index < -0.39 is 79.7 Å². The number of aliphatic hydroxyl groups is 6. The highest BCUT2D eigenvalue weighted by atomic mass is 16.7. The van der Waals surface area contributed by atoms with Crippen LogP contribution < -0.4 is 39.7 Å². The first kappa shape index (κ1) is 49.8. The maximum Gasteiger partial charge on any atom is 0.249 e. The van der Waals surface area contributed by atoms with Gasteiger partial charge < -0.3 is 98.8 Å². The molecule has 19 N–H and O–H groups in total. The molecule has 3 saturated heterocycles. The van der Waals surface area contributed by atoms with Crippen molar-refractivity contribution in [3.8, 4) is 0 Å². The fourth-order valence-electron chi connectivity index (χ4n) is 5.97.